The fourth-order valence-corrected chi connectivity index (χ4v) is 1.37. The monoisotopic (exact) mass is 153 g/mol. The van der Waals surface area contributed by atoms with E-state index in [2.05, 4.69) is 24.3 Å². The lowest BCUT2D eigenvalue weighted by Crippen LogP contribution is -1.99. The van der Waals surface area contributed by atoms with Crippen molar-refractivity contribution in [2.24, 2.45) is 0 Å². The summed E-state index contributed by atoms with van der Waals surface area (Å²) in [7, 11) is 1.93. The van der Waals surface area contributed by atoms with E-state index in [0.29, 0.717) is 0 Å². The molecule has 0 saturated carbocycles. The first-order valence-corrected chi connectivity index (χ1v) is 3.92. The van der Waals surface area contributed by atoms with Gasteiger partial charge in [0.2, 0.25) is 0 Å². The Bertz CT molecular complexity index is 250. The topological polar surface area (TPSA) is 29.9 Å². The Morgan fingerprint density at radius 2 is 2.09 bits per heavy atom. The highest BCUT2D eigenvalue weighted by Crippen LogP contribution is 2.17. The van der Waals surface area contributed by atoms with Crippen molar-refractivity contribution in [2.45, 2.75) is 27.3 Å². The van der Waals surface area contributed by atoms with Crippen LogP contribution in [0.15, 0.2) is 0 Å². The molecule has 0 fully saturated rings. The molecule has 1 aromatic heterocycles. The molecule has 0 bridgehead atoms. The lowest BCUT2D eigenvalue weighted by atomic mass is 10.3. The summed E-state index contributed by atoms with van der Waals surface area (Å²) in [5, 5.41) is 7.49. The zero-order chi connectivity index (χ0) is 8.43. The van der Waals surface area contributed by atoms with Gasteiger partial charge in [0.15, 0.2) is 0 Å². The van der Waals surface area contributed by atoms with E-state index >= 15 is 0 Å². The summed E-state index contributed by atoms with van der Waals surface area (Å²) in [6.07, 6.45) is 0. The predicted molar refractivity (Wildman–Crippen MR) is 46.9 cm³/mol. The van der Waals surface area contributed by atoms with Crippen LogP contribution in [0.1, 0.15) is 18.3 Å². The Balaban J connectivity index is 3.14. The van der Waals surface area contributed by atoms with Gasteiger partial charge in [-0.3, -0.25) is 4.68 Å². The summed E-state index contributed by atoms with van der Waals surface area (Å²) in [5.41, 5.74) is 3.45. The molecule has 0 saturated heterocycles. The highest BCUT2D eigenvalue weighted by molar-refractivity contribution is 5.51. The van der Waals surface area contributed by atoms with E-state index in [4.69, 9.17) is 0 Å². The van der Waals surface area contributed by atoms with Crippen LogP contribution in [0.5, 0.6) is 0 Å². The average Bonchev–Trinajstić information content (AvgIpc) is 2.26. The van der Waals surface area contributed by atoms with Crippen LogP contribution in [0, 0.1) is 13.8 Å². The maximum atomic E-state index is 4.35. The maximum absolute atomic E-state index is 4.35. The van der Waals surface area contributed by atoms with Crippen molar-refractivity contribution < 1.29 is 0 Å². The summed E-state index contributed by atoms with van der Waals surface area (Å²) in [6.45, 7) is 7.13. The van der Waals surface area contributed by atoms with Crippen LogP contribution >= 0.6 is 0 Å². The minimum Gasteiger partial charge on any atom is -0.385 e. The summed E-state index contributed by atoms with van der Waals surface area (Å²) in [4.78, 5) is 0. The normalized spacial score (nSPS) is 10.2. The highest BCUT2D eigenvalue weighted by Gasteiger charge is 2.07. The van der Waals surface area contributed by atoms with Crippen LogP contribution in [-0.4, -0.2) is 16.8 Å². The van der Waals surface area contributed by atoms with Crippen LogP contribution in [0.3, 0.4) is 0 Å². The standard InChI is InChI=1S/C8H15N3/c1-5-11-7(3)8(9-4)6(2)10-11/h9H,5H2,1-4H3. The van der Waals surface area contributed by atoms with Gasteiger partial charge in [-0.05, 0) is 20.8 Å². The molecule has 0 unspecified atom stereocenters. The first-order valence-electron chi connectivity index (χ1n) is 3.92. The zero-order valence-corrected chi connectivity index (χ0v) is 7.60. The molecular weight excluding hydrogens is 138 g/mol. The maximum Gasteiger partial charge on any atom is 0.0827 e. The number of rotatable bonds is 2. The van der Waals surface area contributed by atoms with Crippen molar-refractivity contribution in [3.8, 4) is 0 Å². The van der Waals surface area contributed by atoms with Gasteiger partial charge in [-0.1, -0.05) is 0 Å². The van der Waals surface area contributed by atoms with E-state index in [0.717, 1.165) is 17.9 Å². The smallest absolute Gasteiger partial charge is 0.0827 e. The molecule has 0 aliphatic rings. The quantitative estimate of drug-likeness (QED) is 0.698. The molecule has 0 amide bonds. The molecule has 0 radical (unpaired) electrons. The number of hydrogen-bond acceptors (Lipinski definition) is 2. The van der Waals surface area contributed by atoms with Crippen LogP contribution < -0.4 is 5.32 Å². The number of nitrogens with zero attached hydrogens (tertiary/aromatic N) is 2. The van der Waals surface area contributed by atoms with Gasteiger partial charge in [-0.15, -0.1) is 0 Å². The minimum atomic E-state index is 0.939. The summed E-state index contributed by atoms with van der Waals surface area (Å²) in [5.74, 6) is 0. The minimum absolute atomic E-state index is 0.939. The van der Waals surface area contributed by atoms with Crippen molar-refractivity contribution in [1.82, 2.24) is 9.78 Å². The molecule has 3 nitrogen and oxygen atoms in total. The van der Waals surface area contributed by atoms with Gasteiger partial charge < -0.3 is 5.32 Å². The van der Waals surface area contributed by atoms with E-state index in [1.807, 2.05) is 18.7 Å². The molecule has 3 heteroatoms. The Hall–Kier alpha value is -0.990. The molecule has 0 aliphatic heterocycles. The molecule has 62 valence electrons. The fraction of sp³-hybridized carbons (Fsp3) is 0.625. The van der Waals surface area contributed by atoms with Gasteiger partial charge >= 0.3 is 0 Å². The fourth-order valence-electron chi connectivity index (χ4n) is 1.37. The Labute approximate surface area is 67.4 Å². The van der Waals surface area contributed by atoms with Gasteiger partial charge in [0.05, 0.1) is 17.1 Å². The number of hydrogen-bond donors (Lipinski definition) is 1. The van der Waals surface area contributed by atoms with Gasteiger partial charge in [-0.2, -0.15) is 5.10 Å². The lowest BCUT2D eigenvalue weighted by Gasteiger charge is -2.00. The van der Waals surface area contributed by atoms with Crippen molar-refractivity contribution in [3.05, 3.63) is 11.4 Å². The molecule has 0 aliphatic carbocycles. The van der Waals surface area contributed by atoms with Crippen LogP contribution in [-0.2, 0) is 6.54 Å². The van der Waals surface area contributed by atoms with E-state index < -0.39 is 0 Å². The first kappa shape index (κ1) is 8.11. The number of aryl methyl sites for hydroxylation is 2. The summed E-state index contributed by atoms with van der Waals surface area (Å²) in [6, 6.07) is 0. The van der Waals surface area contributed by atoms with Gasteiger partial charge in [-0.25, -0.2) is 0 Å². The lowest BCUT2D eigenvalue weighted by molar-refractivity contribution is 0.634. The van der Waals surface area contributed by atoms with Crippen molar-refractivity contribution >= 4 is 5.69 Å². The molecule has 1 aromatic rings. The Morgan fingerprint density at radius 1 is 1.45 bits per heavy atom. The molecule has 0 spiro atoms. The van der Waals surface area contributed by atoms with Gasteiger partial charge in [0.1, 0.15) is 0 Å². The second-order valence-corrected chi connectivity index (χ2v) is 2.61. The predicted octanol–water partition coefficient (Wildman–Crippen LogP) is 1.56. The first-order chi connectivity index (χ1) is 5.20. The zero-order valence-electron chi connectivity index (χ0n) is 7.60. The third-order valence-electron chi connectivity index (χ3n) is 1.93. The molecule has 1 heterocycles. The number of nitrogens with one attached hydrogen (secondary N) is 1. The molecular formula is C8H15N3. The third-order valence-corrected chi connectivity index (χ3v) is 1.93. The highest BCUT2D eigenvalue weighted by atomic mass is 15.3. The van der Waals surface area contributed by atoms with Crippen molar-refractivity contribution in [3.63, 3.8) is 0 Å². The van der Waals surface area contributed by atoms with E-state index in [1.165, 1.54) is 5.69 Å². The SMILES string of the molecule is CCn1nc(C)c(NC)c1C. The van der Waals surface area contributed by atoms with Crippen LogP contribution in [0.25, 0.3) is 0 Å². The largest absolute Gasteiger partial charge is 0.385 e. The second kappa shape index (κ2) is 2.95. The molecule has 11 heavy (non-hydrogen) atoms. The van der Waals surface area contributed by atoms with Crippen molar-refractivity contribution in [2.75, 3.05) is 12.4 Å². The summed E-state index contributed by atoms with van der Waals surface area (Å²) < 4.78 is 2.00. The Kier molecular flexibility index (Phi) is 2.17. The molecule has 1 N–H and O–H groups in total. The van der Waals surface area contributed by atoms with E-state index in [9.17, 15) is 0 Å². The van der Waals surface area contributed by atoms with Crippen LogP contribution in [0.4, 0.5) is 5.69 Å². The molecule has 0 aromatic carbocycles. The average molecular weight is 153 g/mol. The van der Waals surface area contributed by atoms with Crippen molar-refractivity contribution in [1.29, 1.82) is 0 Å². The van der Waals surface area contributed by atoms with E-state index in [-0.39, 0.29) is 0 Å². The van der Waals surface area contributed by atoms with E-state index in [1.54, 1.807) is 0 Å². The Morgan fingerprint density at radius 3 is 2.36 bits per heavy atom. The van der Waals surface area contributed by atoms with Gasteiger partial charge in [0, 0.05) is 13.6 Å². The molecule has 1 rings (SSSR count). The van der Waals surface area contributed by atoms with Crippen LogP contribution in [0.2, 0.25) is 0 Å². The van der Waals surface area contributed by atoms with Gasteiger partial charge in [0.25, 0.3) is 0 Å². The third kappa shape index (κ3) is 1.23. The molecule has 0 atom stereocenters. The number of aromatic nitrogens is 2. The second-order valence-electron chi connectivity index (χ2n) is 2.61. The number of anilines is 1. The summed E-state index contributed by atoms with van der Waals surface area (Å²) >= 11 is 0.